The first kappa shape index (κ1) is 10.3. The molecule has 0 aliphatic rings. The summed E-state index contributed by atoms with van der Waals surface area (Å²) in [5.74, 6) is 0. The van der Waals surface area contributed by atoms with E-state index in [0.717, 1.165) is 10.9 Å². The Morgan fingerprint density at radius 3 is 2.71 bits per heavy atom. The van der Waals surface area contributed by atoms with Crippen LogP contribution in [0.4, 0.5) is 0 Å². The van der Waals surface area contributed by atoms with Crippen molar-refractivity contribution in [1.29, 1.82) is 5.26 Å². The van der Waals surface area contributed by atoms with Crippen molar-refractivity contribution in [1.82, 2.24) is 0 Å². The van der Waals surface area contributed by atoms with Gasteiger partial charge in [0.1, 0.15) is 0 Å². The Bertz CT molecular complexity index is 775. The number of nitrogens with zero attached hydrogens (tertiary/aromatic N) is 1. The summed E-state index contributed by atoms with van der Waals surface area (Å²) < 4.78 is 2.51. The molecule has 17 heavy (non-hydrogen) atoms. The fraction of sp³-hybridized carbons (Fsp3) is 0.133. The molecule has 0 aliphatic heterocycles. The second-order valence-electron chi connectivity index (χ2n) is 4.28. The van der Waals surface area contributed by atoms with Gasteiger partial charge in [0.15, 0.2) is 0 Å². The molecule has 3 aromatic rings. The standard InChI is InChI=1S/C15H11NS/c1-9-7-11(8-16)14-12-5-3-4-6-13(12)17-15(14)10(9)2/h3-7H,1-2H3. The fourth-order valence-corrected chi connectivity index (χ4v) is 3.52. The lowest BCUT2D eigenvalue weighted by Gasteiger charge is -2.03. The SMILES string of the molecule is Cc1cc(C#N)c2c(sc3ccccc32)c1C. The molecule has 0 amide bonds. The van der Waals surface area contributed by atoms with Gasteiger partial charge in [0.05, 0.1) is 11.6 Å². The maximum Gasteiger partial charge on any atom is 0.0998 e. The Morgan fingerprint density at radius 1 is 1.18 bits per heavy atom. The molecule has 0 aliphatic carbocycles. The Morgan fingerprint density at radius 2 is 1.94 bits per heavy atom. The van der Waals surface area contributed by atoms with Gasteiger partial charge in [-0.15, -0.1) is 11.3 Å². The minimum absolute atomic E-state index is 0.792. The van der Waals surface area contributed by atoms with Crippen LogP contribution in [0.15, 0.2) is 30.3 Å². The van der Waals surface area contributed by atoms with Crippen molar-refractivity contribution in [2.45, 2.75) is 13.8 Å². The van der Waals surface area contributed by atoms with E-state index in [4.69, 9.17) is 0 Å². The molecule has 0 unspecified atom stereocenters. The van der Waals surface area contributed by atoms with Gasteiger partial charge in [0.25, 0.3) is 0 Å². The van der Waals surface area contributed by atoms with Crippen molar-refractivity contribution in [2.24, 2.45) is 0 Å². The van der Waals surface area contributed by atoms with Crippen LogP contribution in [0.2, 0.25) is 0 Å². The number of benzene rings is 2. The van der Waals surface area contributed by atoms with Gasteiger partial charge in [-0.3, -0.25) is 0 Å². The van der Waals surface area contributed by atoms with Crippen LogP contribution in [0.5, 0.6) is 0 Å². The monoisotopic (exact) mass is 237 g/mol. The van der Waals surface area contributed by atoms with Crippen LogP contribution in [-0.2, 0) is 0 Å². The number of thiophene rings is 1. The zero-order valence-electron chi connectivity index (χ0n) is 9.74. The highest BCUT2D eigenvalue weighted by Crippen LogP contribution is 2.38. The molecular weight excluding hydrogens is 226 g/mol. The molecule has 0 N–H and O–H groups in total. The fourth-order valence-electron chi connectivity index (χ4n) is 2.24. The third kappa shape index (κ3) is 1.36. The Labute approximate surface area is 104 Å². The predicted molar refractivity (Wildman–Crippen MR) is 73.5 cm³/mol. The van der Waals surface area contributed by atoms with Gasteiger partial charge >= 0.3 is 0 Å². The van der Waals surface area contributed by atoms with Crippen LogP contribution in [0, 0.1) is 25.2 Å². The summed E-state index contributed by atoms with van der Waals surface area (Å²) >= 11 is 1.78. The highest BCUT2D eigenvalue weighted by atomic mass is 32.1. The maximum atomic E-state index is 9.28. The van der Waals surface area contributed by atoms with Crippen molar-refractivity contribution in [3.05, 3.63) is 47.0 Å². The van der Waals surface area contributed by atoms with Crippen molar-refractivity contribution in [3.63, 3.8) is 0 Å². The molecule has 82 valence electrons. The molecule has 0 radical (unpaired) electrons. The molecule has 0 atom stereocenters. The first-order valence-corrected chi connectivity index (χ1v) is 6.35. The molecule has 3 rings (SSSR count). The normalized spacial score (nSPS) is 10.9. The van der Waals surface area contributed by atoms with Crippen LogP contribution in [0.3, 0.4) is 0 Å². The van der Waals surface area contributed by atoms with E-state index in [1.807, 2.05) is 18.2 Å². The highest BCUT2D eigenvalue weighted by molar-refractivity contribution is 7.26. The maximum absolute atomic E-state index is 9.28. The van der Waals surface area contributed by atoms with Gasteiger partial charge in [-0.25, -0.2) is 0 Å². The van der Waals surface area contributed by atoms with E-state index < -0.39 is 0 Å². The number of hydrogen-bond donors (Lipinski definition) is 0. The summed E-state index contributed by atoms with van der Waals surface area (Å²) in [5.41, 5.74) is 3.28. The number of nitriles is 1. The molecule has 0 spiro atoms. The zero-order chi connectivity index (χ0) is 12.0. The highest BCUT2D eigenvalue weighted by Gasteiger charge is 2.12. The molecule has 1 nitrogen and oxygen atoms in total. The summed E-state index contributed by atoms with van der Waals surface area (Å²) in [6, 6.07) is 12.6. The van der Waals surface area contributed by atoms with Gasteiger partial charge in [0.2, 0.25) is 0 Å². The van der Waals surface area contributed by atoms with Crippen LogP contribution < -0.4 is 0 Å². The number of rotatable bonds is 0. The third-order valence-corrected chi connectivity index (χ3v) is 4.57. The summed E-state index contributed by atoms with van der Waals surface area (Å²) in [6.45, 7) is 4.20. The minimum atomic E-state index is 0.792. The Kier molecular flexibility index (Phi) is 2.17. The first-order valence-electron chi connectivity index (χ1n) is 5.54. The molecule has 0 saturated carbocycles. The number of hydrogen-bond acceptors (Lipinski definition) is 2. The lowest BCUT2D eigenvalue weighted by molar-refractivity contribution is 1.38. The molecule has 1 aromatic heterocycles. The number of fused-ring (bicyclic) bond motifs is 3. The zero-order valence-corrected chi connectivity index (χ0v) is 10.6. The molecule has 0 fully saturated rings. The average Bonchev–Trinajstić information content (AvgIpc) is 2.73. The quantitative estimate of drug-likeness (QED) is 0.563. The smallest absolute Gasteiger partial charge is 0.0998 e. The van der Waals surface area contributed by atoms with E-state index in [9.17, 15) is 5.26 Å². The molecule has 0 bridgehead atoms. The van der Waals surface area contributed by atoms with Gasteiger partial charge in [-0.05, 0) is 37.1 Å². The second-order valence-corrected chi connectivity index (χ2v) is 5.33. The summed E-state index contributed by atoms with van der Waals surface area (Å²) in [5, 5.41) is 11.6. The molecule has 2 aromatic carbocycles. The van der Waals surface area contributed by atoms with Gasteiger partial charge in [0, 0.05) is 20.2 Å². The third-order valence-electron chi connectivity index (χ3n) is 3.28. The van der Waals surface area contributed by atoms with E-state index in [-0.39, 0.29) is 0 Å². The van der Waals surface area contributed by atoms with Crippen molar-refractivity contribution in [2.75, 3.05) is 0 Å². The van der Waals surface area contributed by atoms with Crippen molar-refractivity contribution < 1.29 is 0 Å². The van der Waals surface area contributed by atoms with Gasteiger partial charge in [-0.1, -0.05) is 18.2 Å². The minimum Gasteiger partial charge on any atom is -0.192 e. The lowest BCUT2D eigenvalue weighted by atomic mass is 10.0. The van der Waals surface area contributed by atoms with E-state index >= 15 is 0 Å². The summed E-state index contributed by atoms with van der Waals surface area (Å²) in [6.07, 6.45) is 0. The van der Waals surface area contributed by atoms with Crippen LogP contribution in [-0.4, -0.2) is 0 Å². The number of aryl methyl sites for hydroxylation is 2. The predicted octanol–water partition coefficient (Wildman–Crippen LogP) is 4.54. The van der Waals surface area contributed by atoms with Crippen molar-refractivity contribution in [3.8, 4) is 6.07 Å². The summed E-state index contributed by atoms with van der Waals surface area (Å²) in [4.78, 5) is 0. The average molecular weight is 237 g/mol. The molecule has 2 heteroatoms. The Balaban J connectivity index is 2.66. The van der Waals surface area contributed by atoms with Crippen molar-refractivity contribution >= 4 is 31.5 Å². The van der Waals surface area contributed by atoms with Gasteiger partial charge < -0.3 is 0 Å². The summed E-state index contributed by atoms with van der Waals surface area (Å²) in [7, 11) is 0. The molecule has 1 heterocycles. The van der Waals surface area contributed by atoms with E-state index in [0.29, 0.717) is 0 Å². The lowest BCUT2D eigenvalue weighted by Crippen LogP contribution is -1.85. The van der Waals surface area contributed by atoms with E-state index in [2.05, 4.69) is 32.0 Å². The van der Waals surface area contributed by atoms with Gasteiger partial charge in [-0.2, -0.15) is 5.26 Å². The van der Waals surface area contributed by atoms with E-state index in [1.54, 1.807) is 11.3 Å². The largest absolute Gasteiger partial charge is 0.192 e. The Hall–Kier alpha value is -1.85. The first-order chi connectivity index (χ1) is 8.22. The van der Waals surface area contributed by atoms with Crippen LogP contribution in [0.25, 0.3) is 20.2 Å². The van der Waals surface area contributed by atoms with E-state index in [1.165, 1.54) is 25.9 Å². The van der Waals surface area contributed by atoms with Crippen LogP contribution in [0.1, 0.15) is 16.7 Å². The van der Waals surface area contributed by atoms with Crippen LogP contribution >= 0.6 is 11.3 Å². The molecular formula is C15H11NS. The molecule has 0 saturated heterocycles. The topological polar surface area (TPSA) is 23.8 Å². The second kappa shape index (κ2) is 3.58.